The number of benzene rings is 3. The summed E-state index contributed by atoms with van der Waals surface area (Å²) >= 11 is 0. The molecule has 0 radical (unpaired) electrons. The van der Waals surface area contributed by atoms with Crippen LogP contribution >= 0.6 is 0 Å². The molecule has 224 valence electrons. The van der Waals surface area contributed by atoms with Crippen LogP contribution in [0.1, 0.15) is 44.7 Å². The summed E-state index contributed by atoms with van der Waals surface area (Å²) in [6.07, 6.45) is -0.139. The largest absolute Gasteiger partial charge is 0.478 e. The van der Waals surface area contributed by atoms with Crippen molar-refractivity contribution in [3.63, 3.8) is 0 Å². The van der Waals surface area contributed by atoms with Gasteiger partial charge in [0.1, 0.15) is 36.4 Å². The Hall–Kier alpha value is -6.03. The van der Waals surface area contributed by atoms with Gasteiger partial charge >= 0.3 is 5.97 Å². The molecule has 13 heteroatoms. The Morgan fingerprint density at radius 2 is 1.80 bits per heavy atom. The molecule has 0 aliphatic rings. The molecule has 0 atom stereocenters. The first-order chi connectivity index (χ1) is 21.7. The van der Waals surface area contributed by atoms with Gasteiger partial charge in [0, 0.05) is 30.5 Å². The van der Waals surface area contributed by atoms with E-state index < -0.39 is 23.4 Å². The van der Waals surface area contributed by atoms with Crippen LogP contribution in [0.3, 0.4) is 0 Å². The van der Waals surface area contributed by atoms with E-state index in [0.29, 0.717) is 22.7 Å². The highest BCUT2D eigenvalue weighted by Gasteiger charge is 2.20. The van der Waals surface area contributed by atoms with Crippen molar-refractivity contribution in [1.82, 2.24) is 24.7 Å². The fourth-order valence-corrected chi connectivity index (χ4v) is 4.77. The van der Waals surface area contributed by atoms with Crippen LogP contribution in [0, 0.1) is 35.7 Å². The highest BCUT2D eigenvalue weighted by atomic mass is 19.1. The van der Waals surface area contributed by atoms with Crippen LogP contribution < -0.4 is 4.74 Å². The highest BCUT2D eigenvalue weighted by Crippen LogP contribution is 2.29. The molecule has 6 aromatic rings. The number of aromatic carboxylic acids is 1. The summed E-state index contributed by atoms with van der Waals surface area (Å²) < 4.78 is 57.9. The van der Waals surface area contributed by atoms with E-state index in [1.165, 1.54) is 42.5 Å². The number of aryl methyl sites for hydroxylation is 1. The number of carboxylic acid groups (broad SMARTS) is 1. The topological polar surface area (TPSA) is 140 Å². The van der Waals surface area contributed by atoms with E-state index in [1.54, 1.807) is 17.6 Å². The lowest BCUT2D eigenvalue weighted by Gasteiger charge is -2.11. The van der Waals surface area contributed by atoms with E-state index in [1.807, 2.05) is 6.07 Å². The third-order valence-electron chi connectivity index (χ3n) is 6.98. The van der Waals surface area contributed by atoms with Crippen molar-refractivity contribution in [1.29, 1.82) is 5.26 Å². The molecule has 3 aromatic carbocycles. The van der Waals surface area contributed by atoms with Gasteiger partial charge in [-0.15, -0.1) is 10.2 Å². The average molecular weight is 611 g/mol. The van der Waals surface area contributed by atoms with Crippen LogP contribution in [0.25, 0.3) is 22.3 Å². The molecule has 6 rings (SSSR count). The minimum Gasteiger partial charge on any atom is -0.478 e. The molecule has 0 unspecified atom stereocenters. The third-order valence-corrected chi connectivity index (χ3v) is 6.98. The molecule has 10 nitrogen and oxygen atoms in total. The van der Waals surface area contributed by atoms with Crippen molar-refractivity contribution in [3.05, 3.63) is 124 Å². The van der Waals surface area contributed by atoms with Gasteiger partial charge in [-0.05, 0) is 54.1 Å². The number of nitriles is 1. The fraction of sp³-hybridized carbons (Fsp3) is 0.125. The zero-order valence-electron chi connectivity index (χ0n) is 23.5. The molecule has 0 saturated heterocycles. The van der Waals surface area contributed by atoms with E-state index >= 15 is 8.78 Å². The lowest BCUT2D eigenvalue weighted by Crippen LogP contribution is -2.08. The van der Waals surface area contributed by atoms with Crippen LogP contribution in [-0.4, -0.2) is 35.8 Å². The Morgan fingerprint density at radius 3 is 2.53 bits per heavy atom. The molecule has 3 heterocycles. The molecule has 45 heavy (non-hydrogen) atoms. The zero-order valence-corrected chi connectivity index (χ0v) is 23.5. The maximum Gasteiger partial charge on any atom is 0.335 e. The van der Waals surface area contributed by atoms with Crippen LogP contribution in [0.2, 0.25) is 0 Å². The summed E-state index contributed by atoms with van der Waals surface area (Å²) in [5, 5.41) is 26.2. The quantitative estimate of drug-likeness (QED) is 0.209. The molecular weight excluding hydrogens is 589 g/mol. The number of pyridine rings is 1. The first-order valence-corrected chi connectivity index (χ1v) is 13.5. The van der Waals surface area contributed by atoms with Gasteiger partial charge < -0.3 is 18.8 Å². The lowest BCUT2D eigenvalue weighted by molar-refractivity contribution is 0.0697. The second kappa shape index (κ2) is 11.9. The Bertz CT molecular complexity index is 2140. The van der Waals surface area contributed by atoms with E-state index in [0.717, 1.165) is 18.2 Å². The van der Waals surface area contributed by atoms with Crippen molar-refractivity contribution >= 4 is 17.0 Å². The number of fused-ring (bicyclic) bond motifs is 1. The first-order valence-electron chi connectivity index (χ1n) is 13.5. The average Bonchev–Trinajstić information content (AvgIpc) is 3.60. The molecular formula is C32H21F3N6O4. The summed E-state index contributed by atoms with van der Waals surface area (Å²) in [6.45, 7) is 1.46. The van der Waals surface area contributed by atoms with Gasteiger partial charge in [-0.2, -0.15) is 5.26 Å². The van der Waals surface area contributed by atoms with E-state index in [2.05, 4.69) is 20.2 Å². The fourth-order valence-electron chi connectivity index (χ4n) is 4.77. The van der Waals surface area contributed by atoms with Crippen LogP contribution in [0.5, 0.6) is 5.88 Å². The normalized spacial score (nSPS) is 11.1. The molecule has 0 fully saturated rings. The predicted octanol–water partition coefficient (Wildman–Crippen LogP) is 6.00. The maximum absolute atomic E-state index is 15.5. The lowest BCUT2D eigenvalue weighted by atomic mass is 10.0. The summed E-state index contributed by atoms with van der Waals surface area (Å²) in [7, 11) is 0. The molecule has 0 bridgehead atoms. The van der Waals surface area contributed by atoms with Gasteiger partial charge in [0.15, 0.2) is 0 Å². The van der Waals surface area contributed by atoms with Crippen molar-refractivity contribution in [2.24, 2.45) is 0 Å². The van der Waals surface area contributed by atoms with Crippen LogP contribution in [0.4, 0.5) is 13.2 Å². The Kier molecular flexibility index (Phi) is 7.70. The van der Waals surface area contributed by atoms with Crippen molar-refractivity contribution in [3.8, 4) is 23.2 Å². The first kappa shape index (κ1) is 29.1. The SMILES string of the molecule is Cc1nnc(Cn2c(Cc3cc(F)c(-c4cccc(OCc5ccc(C#N)cc5F)n4)cc3F)nc3ccc(C(=O)O)cc32)o1. The standard InChI is InChI=1S/C32H21F3N6O4/c1-17-39-40-31(45-17)15-41-28-11-19(32(42)43)7-8-27(28)37-29(41)12-21-10-25(35)22(13-24(21)34)26-3-2-4-30(38-26)44-16-20-6-5-18(14-36)9-23(20)33/h2-11,13H,12,15-16H2,1H3,(H,42,43). The Balaban J connectivity index is 1.28. The van der Waals surface area contributed by atoms with Gasteiger partial charge in [0.2, 0.25) is 17.7 Å². The number of nitrogens with zero attached hydrogens (tertiary/aromatic N) is 6. The third kappa shape index (κ3) is 6.07. The van der Waals surface area contributed by atoms with Crippen molar-refractivity contribution in [2.45, 2.75) is 26.5 Å². The molecule has 0 saturated carbocycles. The number of ether oxygens (including phenoxy) is 1. The van der Waals surface area contributed by atoms with Crippen LogP contribution in [-0.2, 0) is 19.6 Å². The van der Waals surface area contributed by atoms with Gasteiger partial charge in [-0.3, -0.25) is 0 Å². The molecule has 0 aliphatic heterocycles. The van der Waals surface area contributed by atoms with Gasteiger partial charge in [0.05, 0.1) is 33.9 Å². The second-order valence-corrected chi connectivity index (χ2v) is 10.0. The minimum absolute atomic E-state index is 0.00308. The number of hydrogen-bond acceptors (Lipinski definition) is 8. The van der Waals surface area contributed by atoms with Gasteiger partial charge in [0.25, 0.3) is 0 Å². The molecule has 0 spiro atoms. The number of carbonyl (C=O) groups is 1. The summed E-state index contributed by atoms with van der Waals surface area (Å²) in [4.78, 5) is 20.4. The van der Waals surface area contributed by atoms with Crippen LogP contribution in [0.15, 0.2) is 71.1 Å². The second-order valence-electron chi connectivity index (χ2n) is 10.0. The number of carboxylic acids is 1. The van der Waals surface area contributed by atoms with E-state index in [-0.39, 0.29) is 64.9 Å². The highest BCUT2D eigenvalue weighted by molar-refractivity contribution is 5.92. The van der Waals surface area contributed by atoms with Crippen molar-refractivity contribution in [2.75, 3.05) is 0 Å². The summed E-state index contributed by atoms with van der Waals surface area (Å²) in [5.74, 6) is -2.29. The predicted molar refractivity (Wildman–Crippen MR) is 153 cm³/mol. The minimum atomic E-state index is -1.13. The number of rotatable bonds is 9. The number of halogens is 3. The molecule has 1 N–H and O–H groups in total. The van der Waals surface area contributed by atoms with Gasteiger partial charge in [-0.1, -0.05) is 12.1 Å². The van der Waals surface area contributed by atoms with E-state index in [4.69, 9.17) is 14.4 Å². The number of imidazole rings is 1. The number of aromatic nitrogens is 5. The Morgan fingerprint density at radius 1 is 0.978 bits per heavy atom. The summed E-state index contributed by atoms with van der Waals surface area (Å²) in [6, 6.07) is 16.8. The smallest absolute Gasteiger partial charge is 0.335 e. The molecule has 0 amide bonds. The maximum atomic E-state index is 15.5. The van der Waals surface area contributed by atoms with Crippen molar-refractivity contribution < 1.29 is 32.2 Å². The monoisotopic (exact) mass is 610 g/mol. The van der Waals surface area contributed by atoms with E-state index in [9.17, 15) is 14.3 Å². The summed E-state index contributed by atoms with van der Waals surface area (Å²) in [5.41, 5.74) is 1.26. The van der Waals surface area contributed by atoms with Gasteiger partial charge in [-0.25, -0.2) is 27.9 Å². The molecule has 3 aromatic heterocycles. The Labute approximate surface area is 253 Å². The molecule has 0 aliphatic carbocycles. The number of hydrogen-bond donors (Lipinski definition) is 1. The zero-order chi connectivity index (χ0) is 31.7.